The molecule has 0 saturated heterocycles. The van der Waals surface area contributed by atoms with E-state index in [1.165, 1.54) is 53.1 Å². The van der Waals surface area contributed by atoms with Crippen molar-refractivity contribution in [3.63, 3.8) is 0 Å². The second-order valence-corrected chi connectivity index (χ2v) is 7.45. The zero-order valence-electron chi connectivity index (χ0n) is 20.3. The molecule has 182 valence electrons. The predicted molar refractivity (Wildman–Crippen MR) is 128 cm³/mol. The molecule has 0 bridgehead atoms. The van der Waals surface area contributed by atoms with Crippen molar-refractivity contribution >= 4 is 17.9 Å². The molecule has 0 unspecified atom stereocenters. The molecule has 0 atom stereocenters. The first kappa shape index (κ1) is 32.3. The summed E-state index contributed by atoms with van der Waals surface area (Å²) in [6.07, 6.45) is 4.41. The van der Waals surface area contributed by atoms with Crippen LogP contribution in [0.1, 0.15) is 58.3 Å². The second-order valence-electron chi connectivity index (χ2n) is 7.45. The first-order chi connectivity index (χ1) is 16.6. The van der Waals surface area contributed by atoms with Crippen molar-refractivity contribution in [1.29, 1.82) is 0 Å². The number of carbonyl (C=O) groups is 3. The largest absolute Gasteiger partial charge is 4.00 e. The van der Waals surface area contributed by atoms with Gasteiger partial charge in [0.1, 0.15) is 0 Å². The number of carboxylic acids is 3. The average molecular weight is 518 g/mol. The van der Waals surface area contributed by atoms with Gasteiger partial charge in [0.15, 0.2) is 0 Å². The van der Waals surface area contributed by atoms with Crippen LogP contribution in [0.2, 0.25) is 0 Å². The third kappa shape index (κ3) is 13.2. The Morgan fingerprint density at radius 2 is 0.861 bits per heavy atom. The summed E-state index contributed by atoms with van der Waals surface area (Å²) in [5.41, 5.74) is 4.84. The predicted octanol–water partition coefficient (Wildman–Crippen LogP) is 2.62. The maximum Gasteiger partial charge on any atom is 4.00 e. The van der Waals surface area contributed by atoms with Crippen molar-refractivity contribution in [3.05, 3.63) is 130 Å². The normalized spacial score (nSPS) is 11.0. The number of carboxylic acid groups (broad SMARTS) is 3. The maximum atomic E-state index is 10.1. The van der Waals surface area contributed by atoms with E-state index >= 15 is 0 Å². The molecule has 0 aliphatic heterocycles. The smallest absolute Gasteiger partial charge is 0.545 e. The van der Waals surface area contributed by atoms with E-state index in [1.807, 2.05) is 0 Å². The van der Waals surface area contributed by atoms with E-state index in [9.17, 15) is 29.7 Å². The molecule has 7 heteroatoms. The Morgan fingerprint density at radius 3 is 0.972 bits per heavy atom. The number of benzene rings is 3. The molecule has 3 aromatic rings. The Morgan fingerprint density at radius 1 is 0.583 bits per heavy atom. The molecular weight excluding hydrogens is 492 g/mol. The van der Waals surface area contributed by atoms with Gasteiger partial charge in [0.2, 0.25) is 0 Å². The van der Waals surface area contributed by atoms with Crippen molar-refractivity contribution in [2.75, 3.05) is 0 Å². The van der Waals surface area contributed by atoms with Gasteiger partial charge in [0.05, 0.1) is 17.9 Å². The monoisotopic (exact) mass is 518 g/mol. The number of hydrogen-bond donors (Lipinski definition) is 0. The Labute approximate surface area is 226 Å². The van der Waals surface area contributed by atoms with E-state index < -0.39 is 17.9 Å². The summed E-state index contributed by atoms with van der Waals surface area (Å²) in [5.74, 6) is -3.39. The van der Waals surface area contributed by atoms with Crippen LogP contribution >= 0.6 is 0 Å². The molecule has 36 heavy (non-hydrogen) atoms. The number of rotatable bonds is 3. The van der Waals surface area contributed by atoms with E-state index in [1.54, 1.807) is 54.6 Å². The molecule has 0 saturated carbocycles. The van der Waals surface area contributed by atoms with E-state index in [0.717, 1.165) is 6.42 Å². The van der Waals surface area contributed by atoms with Crippen LogP contribution in [0.3, 0.4) is 0 Å². The zero-order valence-corrected chi connectivity index (χ0v) is 21.9. The van der Waals surface area contributed by atoms with E-state index in [-0.39, 0.29) is 38.4 Å². The summed E-state index contributed by atoms with van der Waals surface area (Å²) in [6, 6.07) is 24.2. The van der Waals surface area contributed by atoms with Gasteiger partial charge in [0, 0.05) is 0 Å². The van der Waals surface area contributed by atoms with Crippen LogP contribution in [-0.4, -0.2) is 17.9 Å². The third-order valence-electron chi connectivity index (χ3n) is 4.60. The molecule has 1 aliphatic carbocycles. The minimum Gasteiger partial charge on any atom is -0.545 e. The zero-order chi connectivity index (χ0) is 26.2. The second kappa shape index (κ2) is 17.7. The van der Waals surface area contributed by atoms with Crippen LogP contribution < -0.4 is 15.3 Å². The van der Waals surface area contributed by atoms with Crippen LogP contribution in [0.25, 0.3) is 0 Å². The fourth-order valence-electron chi connectivity index (χ4n) is 2.72. The molecular formula is C29H26O6Ti. The SMILES string of the molecule is CC1=[C-]C(C)=C(C)C1.O=C([O-])c1ccccc1.O=C([O-])c1ccccc1.O=C([O-])c1ccccc1.[Ti+4]. The first-order valence-corrected chi connectivity index (χ1v) is 10.7. The van der Waals surface area contributed by atoms with Gasteiger partial charge in [-0.05, 0) is 16.7 Å². The Bertz CT molecular complexity index is 1040. The molecule has 0 fully saturated rings. The molecule has 0 heterocycles. The molecule has 1 aliphatic rings. The molecule has 6 nitrogen and oxygen atoms in total. The van der Waals surface area contributed by atoms with E-state index in [2.05, 4.69) is 26.8 Å². The van der Waals surface area contributed by atoms with Crippen molar-refractivity contribution in [2.24, 2.45) is 0 Å². The van der Waals surface area contributed by atoms with Gasteiger partial charge in [-0.2, -0.15) is 5.57 Å². The van der Waals surface area contributed by atoms with Crippen LogP contribution in [0, 0.1) is 6.08 Å². The van der Waals surface area contributed by atoms with E-state index in [4.69, 9.17) is 0 Å². The van der Waals surface area contributed by atoms with Gasteiger partial charge >= 0.3 is 21.7 Å². The van der Waals surface area contributed by atoms with Gasteiger partial charge in [-0.25, -0.2) is 17.2 Å². The Kier molecular flexibility index (Phi) is 15.8. The van der Waals surface area contributed by atoms with Gasteiger partial charge in [-0.1, -0.05) is 111 Å². The topological polar surface area (TPSA) is 120 Å². The van der Waals surface area contributed by atoms with Gasteiger partial charge in [-0.3, -0.25) is 0 Å². The molecule has 0 spiro atoms. The molecule has 0 N–H and O–H groups in total. The van der Waals surface area contributed by atoms with Crippen LogP contribution in [0.5, 0.6) is 0 Å². The first-order valence-electron chi connectivity index (χ1n) is 10.7. The van der Waals surface area contributed by atoms with Crippen LogP contribution in [0.4, 0.5) is 0 Å². The Balaban J connectivity index is 0.000000450. The molecule has 0 aromatic heterocycles. The minimum atomic E-state index is -1.13. The summed E-state index contributed by atoms with van der Waals surface area (Å²) >= 11 is 0. The Hall–Kier alpha value is -3.74. The summed E-state index contributed by atoms with van der Waals surface area (Å²) in [4.78, 5) is 30.3. The number of aromatic carboxylic acids is 3. The summed E-state index contributed by atoms with van der Waals surface area (Å²) in [7, 11) is 0. The molecule has 4 rings (SSSR count). The van der Waals surface area contributed by atoms with Crippen molar-refractivity contribution in [3.8, 4) is 0 Å². The molecule has 0 amide bonds. The van der Waals surface area contributed by atoms with Crippen LogP contribution in [0.15, 0.2) is 108 Å². The summed E-state index contributed by atoms with van der Waals surface area (Å²) < 4.78 is 0. The van der Waals surface area contributed by atoms with Gasteiger partial charge in [0.25, 0.3) is 0 Å². The fraction of sp³-hybridized carbons (Fsp3) is 0.138. The van der Waals surface area contributed by atoms with Crippen molar-refractivity contribution < 1.29 is 51.4 Å². The van der Waals surface area contributed by atoms with Gasteiger partial charge in [-0.15, -0.1) is 6.92 Å². The maximum absolute atomic E-state index is 10.1. The minimum absolute atomic E-state index is 0. The summed E-state index contributed by atoms with van der Waals surface area (Å²) in [5, 5.41) is 30.3. The quantitative estimate of drug-likeness (QED) is 0.388. The van der Waals surface area contributed by atoms with Gasteiger partial charge < -0.3 is 29.7 Å². The average Bonchev–Trinajstić information content (AvgIpc) is 3.16. The van der Waals surface area contributed by atoms with E-state index in [0.29, 0.717) is 0 Å². The van der Waals surface area contributed by atoms with Crippen LogP contribution in [-0.2, 0) is 21.7 Å². The standard InChI is InChI=1S/C8H11.3C7H6O2.Ti/c1-6-4-7(2)8(3)5-6;3*8-7(9)6-4-2-1-3-5-6;/h4H2,1-3H3;3*1-5H,(H,8,9);/q-1;;;;+4/p-3. The van der Waals surface area contributed by atoms with Crippen molar-refractivity contribution in [1.82, 2.24) is 0 Å². The number of allylic oxidation sites excluding steroid dienone is 4. The summed E-state index contributed by atoms with van der Waals surface area (Å²) in [6.45, 7) is 6.41. The number of carbonyl (C=O) groups excluding carboxylic acids is 3. The third-order valence-corrected chi connectivity index (χ3v) is 4.60. The fourth-order valence-corrected chi connectivity index (χ4v) is 2.72. The number of hydrogen-bond acceptors (Lipinski definition) is 6. The van der Waals surface area contributed by atoms with Crippen molar-refractivity contribution in [2.45, 2.75) is 27.2 Å². The molecule has 0 radical (unpaired) electrons. The molecule has 3 aromatic carbocycles.